The van der Waals surface area contributed by atoms with Gasteiger partial charge in [0.25, 0.3) is 0 Å². The van der Waals surface area contributed by atoms with Crippen LogP contribution < -0.4 is 5.73 Å². The summed E-state index contributed by atoms with van der Waals surface area (Å²) in [4.78, 5) is 12.2. The van der Waals surface area contributed by atoms with Gasteiger partial charge in [-0.2, -0.15) is 0 Å². The van der Waals surface area contributed by atoms with Gasteiger partial charge in [0.15, 0.2) is 0 Å². The van der Waals surface area contributed by atoms with Gasteiger partial charge in [-0.05, 0) is 105 Å². The SMILES string of the molecule is CC12CCCCC1CCC1C2CCC2(C)C(CCCC(=O)OCCOCCOCCN)CCC12. The molecule has 0 saturated heterocycles. The molecule has 0 aromatic rings. The number of hydrogen-bond donors (Lipinski definition) is 1. The Morgan fingerprint density at radius 2 is 1.59 bits per heavy atom. The molecule has 0 spiro atoms. The molecule has 4 fully saturated rings. The molecule has 0 amide bonds. The van der Waals surface area contributed by atoms with Gasteiger partial charge in [0.05, 0.1) is 26.4 Å². The van der Waals surface area contributed by atoms with Crippen molar-refractivity contribution in [1.82, 2.24) is 0 Å². The zero-order valence-electron chi connectivity index (χ0n) is 22.0. The Morgan fingerprint density at radius 1 is 0.824 bits per heavy atom. The van der Waals surface area contributed by atoms with Gasteiger partial charge in [-0.3, -0.25) is 4.79 Å². The lowest BCUT2D eigenvalue weighted by molar-refractivity contribution is -0.145. The van der Waals surface area contributed by atoms with E-state index in [0.717, 1.165) is 36.0 Å². The summed E-state index contributed by atoms with van der Waals surface area (Å²) >= 11 is 0. The lowest BCUT2D eigenvalue weighted by Gasteiger charge is -2.60. The first-order chi connectivity index (χ1) is 16.5. The van der Waals surface area contributed by atoms with Crippen molar-refractivity contribution < 1.29 is 19.0 Å². The minimum atomic E-state index is -0.0741. The molecule has 0 bridgehead atoms. The van der Waals surface area contributed by atoms with E-state index >= 15 is 0 Å². The van der Waals surface area contributed by atoms with Crippen LogP contribution in [-0.4, -0.2) is 45.5 Å². The summed E-state index contributed by atoms with van der Waals surface area (Å²) in [6.45, 7) is 8.20. The first-order valence-corrected chi connectivity index (χ1v) is 14.5. The van der Waals surface area contributed by atoms with Gasteiger partial charge in [-0.1, -0.05) is 26.7 Å². The maximum Gasteiger partial charge on any atom is 0.305 e. The molecule has 7 unspecified atom stereocenters. The number of nitrogens with two attached hydrogens (primary N) is 1. The molecule has 0 aliphatic heterocycles. The molecular weight excluding hydrogens is 426 g/mol. The fraction of sp³-hybridized carbons (Fsp3) is 0.966. The van der Waals surface area contributed by atoms with Crippen molar-refractivity contribution >= 4 is 5.97 Å². The third-order valence-electron chi connectivity index (χ3n) is 10.8. The van der Waals surface area contributed by atoms with Gasteiger partial charge in [-0.15, -0.1) is 0 Å². The largest absolute Gasteiger partial charge is 0.463 e. The predicted molar refractivity (Wildman–Crippen MR) is 135 cm³/mol. The molecule has 196 valence electrons. The van der Waals surface area contributed by atoms with Crippen LogP contribution >= 0.6 is 0 Å². The van der Waals surface area contributed by atoms with Crippen molar-refractivity contribution in [3.8, 4) is 0 Å². The number of hydrogen-bond acceptors (Lipinski definition) is 5. The van der Waals surface area contributed by atoms with E-state index in [2.05, 4.69) is 13.8 Å². The summed E-state index contributed by atoms with van der Waals surface area (Å²) in [5, 5.41) is 0. The Bertz CT molecular complexity index is 656. The van der Waals surface area contributed by atoms with E-state index in [4.69, 9.17) is 19.9 Å². The minimum absolute atomic E-state index is 0.0741. The molecule has 4 rings (SSSR count). The summed E-state index contributed by atoms with van der Waals surface area (Å²) < 4.78 is 16.1. The standard InChI is InChI=1S/C29H51NO4/c1-28-14-4-3-6-22(28)9-11-24-25-12-10-23(29(25,2)15-13-26(24)28)7-5-8-27(31)34-21-20-33-19-18-32-17-16-30/h22-26H,3-21,30H2,1-2H3. The predicted octanol–water partition coefficient (Wildman–Crippen LogP) is 5.74. The number of carbonyl (C=O) groups excluding carboxylic acids is 1. The Morgan fingerprint density at radius 3 is 2.41 bits per heavy atom. The van der Waals surface area contributed by atoms with Gasteiger partial charge < -0.3 is 19.9 Å². The fourth-order valence-corrected chi connectivity index (χ4v) is 9.06. The van der Waals surface area contributed by atoms with E-state index in [1.54, 1.807) is 0 Å². The first-order valence-electron chi connectivity index (χ1n) is 14.5. The second kappa shape index (κ2) is 12.1. The van der Waals surface area contributed by atoms with Crippen molar-refractivity contribution in [2.45, 2.75) is 97.3 Å². The van der Waals surface area contributed by atoms with Crippen LogP contribution in [0.1, 0.15) is 97.3 Å². The van der Waals surface area contributed by atoms with Crippen LogP contribution in [0.25, 0.3) is 0 Å². The second-order valence-corrected chi connectivity index (χ2v) is 12.3. The molecule has 0 aromatic heterocycles. The second-order valence-electron chi connectivity index (χ2n) is 12.3. The van der Waals surface area contributed by atoms with Gasteiger partial charge in [0.1, 0.15) is 6.61 Å². The number of fused-ring (bicyclic) bond motifs is 5. The topological polar surface area (TPSA) is 70.8 Å². The Labute approximate surface area is 208 Å². The molecule has 4 aliphatic rings. The zero-order chi connectivity index (χ0) is 24.0. The third kappa shape index (κ3) is 5.67. The Balaban J connectivity index is 1.17. The van der Waals surface area contributed by atoms with Crippen molar-refractivity contribution in [2.24, 2.45) is 46.2 Å². The maximum absolute atomic E-state index is 12.2. The smallest absolute Gasteiger partial charge is 0.305 e. The molecule has 0 radical (unpaired) electrons. The fourth-order valence-electron chi connectivity index (χ4n) is 9.06. The molecule has 0 heterocycles. The van der Waals surface area contributed by atoms with Crippen molar-refractivity contribution in [2.75, 3.05) is 39.6 Å². The lowest BCUT2D eigenvalue weighted by atomic mass is 9.45. The average Bonchev–Trinajstić information content (AvgIpc) is 3.16. The molecular formula is C29H51NO4. The zero-order valence-corrected chi connectivity index (χ0v) is 22.0. The molecule has 0 aromatic carbocycles. The van der Waals surface area contributed by atoms with E-state index in [9.17, 15) is 4.79 Å². The Kier molecular flexibility index (Phi) is 9.37. The molecule has 5 heteroatoms. The van der Waals surface area contributed by atoms with Crippen LogP contribution in [0, 0.1) is 40.4 Å². The van der Waals surface area contributed by atoms with Crippen LogP contribution in [0.15, 0.2) is 0 Å². The van der Waals surface area contributed by atoms with Crippen LogP contribution in [0.5, 0.6) is 0 Å². The van der Waals surface area contributed by atoms with Crippen LogP contribution in [-0.2, 0) is 19.0 Å². The van der Waals surface area contributed by atoms with Crippen LogP contribution in [0.4, 0.5) is 0 Å². The number of carbonyl (C=O) groups is 1. The minimum Gasteiger partial charge on any atom is -0.463 e. The van der Waals surface area contributed by atoms with E-state index in [0.29, 0.717) is 56.8 Å². The molecule has 7 atom stereocenters. The van der Waals surface area contributed by atoms with E-state index < -0.39 is 0 Å². The highest BCUT2D eigenvalue weighted by Gasteiger charge is 2.59. The van der Waals surface area contributed by atoms with Crippen LogP contribution in [0.2, 0.25) is 0 Å². The highest BCUT2D eigenvalue weighted by Crippen LogP contribution is 2.67. The summed E-state index contributed by atoms with van der Waals surface area (Å²) in [6, 6.07) is 0. The highest BCUT2D eigenvalue weighted by atomic mass is 16.6. The quantitative estimate of drug-likeness (QED) is 0.287. The normalized spacial score (nSPS) is 39.2. The number of ether oxygens (including phenoxy) is 3. The van der Waals surface area contributed by atoms with Crippen molar-refractivity contribution in [1.29, 1.82) is 0 Å². The molecule has 5 nitrogen and oxygen atoms in total. The number of esters is 1. The summed E-state index contributed by atoms with van der Waals surface area (Å²) in [5.41, 5.74) is 6.51. The van der Waals surface area contributed by atoms with E-state index in [-0.39, 0.29) is 5.97 Å². The van der Waals surface area contributed by atoms with Gasteiger partial charge in [-0.25, -0.2) is 0 Å². The van der Waals surface area contributed by atoms with E-state index in [1.165, 1.54) is 70.6 Å². The molecule has 4 aliphatic carbocycles. The third-order valence-corrected chi connectivity index (χ3v) is 10.8. The van der Waals surface area contributed by atoms with Crippen molar-refractivity contribution in [3.05, 3.63) is 0 Å². The van der Waals surface area contributed by atoms with Crippen molar-refractivity contribution in [3.63, 3.8) is 0 Å². The number of rotatable bonds is 12. The lowest BCUT2D eigenvalue weighted by Crippen LogP contribution is -2.52. The summed E-state index contributed by atoms with van der Waals surface area (Å²) in [6.07, 6.45) is 17.3. The molecule has 4 saturated carbocycles. The summed E-state index contributed by atoms with van der Waals surface area (Å²) in [7, 11) is 0. The monoisotopic (exact) mass is 477 g/mol. The Hall–Kier alpha value is -0.650. The van der Waals surface area contributed by atoms with Gasteiger partial charge in [0, 0.05) is 13.0 Å². The highest BCUT2D eigenvalue weighted by molar-refractivity contribution is 5.69. The molecule has 34 heavy (non-hydrogen) atoms. The van der Waals surface area contributed by atoms with Crippen LogP contribution in [0.3, 0.4) is 0 Å². The molecule has 2 N–H and O–H groups in total. The van der Waals surface area contributed by atoms with Gasteiger partial charge in [0.2, 0.25) is 0 Å². The summed E-state index contributed by atoms with van der Waals surface area (Å²) in [5.74, 6) is 4.59. The average molecular weight is 478 g/mol. The van der Waals surface area contributed by atoms with E-state index in [1.807, 2.05) is 0 Å². The first kappa shape index (κ1) is 26.4. The van der Waals surface area contributed by atoms with Gasteiger partial charge >= 0.3 is 5.97 Å². The maximum atomic E-state index is 12.2.